The lowest BCUT2D eigenvalue weighted by molar-refractivity contribution is -0.123. The highest BCUT2D eigenvalue weighted by molar-refractivity contribution is 5.98. The number of carbonyl (C=O) groups excluding carboxylic acids is 2. The maximum Gasteiger partial charge on any atom is 0.254 e. The first-order chi connectivity index (χ1) is 11.8. The molecule has 3 rings (SSSR count). The molecular weight excluding hydrogens is 340 g/mol. The Morgan fingerprint density at radius 2 is 1.64 bits per heavy atom. The summed E-state index contributed by atoms with van der Waals surface area (Å²) in [6.07, 6.45) is 0. The molecule has 0 saturated carbocycles. The number of likely N-dealkylation sites (tertiary alicyclic amines) is 1. The fourth-order valence-electron chi connectivity index (χ4n) is 2.45. The number of anilines is 1. The fraction of sp³-hybridized carbons (Fsp3) is 0.176. The summed E-state index contributed by atoms with van der Waals surface area (Å²) in [6.45, 7) is 0.124. The van der Waals surface area contributed by atoms with E-state index in [-0.39, 0.29) is 24.3 Å². The number of amides is 2. The Bertz CT molecular complexity index is 851. The van der Waals surface area contributed by atoms with E-state index in [1.807, 2.05) is 0 Å². The zero-order valence-corrected chi connectivity index (χ0v) is 12.7. The molecule has 1 heterocycles. The molecule has 1 fully saturated rings. The van der Waals surface area contributed by atoms with Gasteiger partial charge in [0, 0.05) is 24.7 Å². The topological polar surface area (TPSA) is 49.4 Å². The van der Waals surface area contributed by atoms with E-state index < -0.39 is 41.0 Å². The molecule has 0 unspecified atom stereocenters. The van der Waals surface area contributed by atoms with Crippen molar-refractivity contribution in [2.24, 2.45) is 5.92 Å². The highest BCUT2D eigenvalue weighted by atomic mass is 19.2. The van der Waals surface area contributed by atoms with Gasteiger partial charge in [0.25, 0.3) is 5.91 Å². The van der Waals surface area contributed by atoms with Gasteiger partial charge in [0.1, 0.15) is 11.6 Å². The second-order valence-electron chi connectivity index (χ2n) is 5.65. The summed E-state index contributed by atoms with van der Waals surface area (Å²) in [4.78, 5) is 25.4. The summed E-state index contributed by atoms with van der Waals surface area (Å²) < 4.78 is 52.4. The number of rotatable bonds is 3. The molecule has 25 heavy (non-hydrogen) atoms. The number of hydrogen-bond acceptors (Lipinski definition) is 2. The monoisotopic (exact) mass is 352 g/mol. The van der Waals surface area contributed by atoms with Crippen LogP contribution in [0.4, 0.5) is 23.2 Å². The zero-order chi connectivity index (χ0) is 18.1. The van der Waals surface area contributed by atoms with E-state index in [2.05, 4.69) is 5.32 Å². The number of nitrogens with one attached hydrogen (secondary N) is 1. The molecule has 2 aromatic carbocycles. The lowest BCUT2D eigenvalue weighted by Gasteiger charge is -2.38. The van der Waals surface area contributed by atoms with Crippen LogP contribution in [0.5, 0.6) is 0 Å². The molecule has 130 valence electrons. The standard InChI is InChI=1S/C17H12F4N2O2/c18-11-2-4-15(14(21)6-11)22-16(24)10-7-23(8-10)17(25)9-1-3-12(19)13(20)5-9/h1-6,10H,7-8H2,(H,22,24). The minimum absolute atomic E-state index is 0.0256. The second-order valence-corrected chi connectivity index (χ2v) is 5.65. The Kier molecular flexibility index (Phi) is 4.43. The van der Waals surface area contributed by atoms with Crippen molar-refractivity contribution in [2.45, 2.75) is 0 Å². The third kappa shape index (κ3) is 3.47. The molecule has 1 N–H and O–H groups in total. The molecule has 0 bridgehead atoms. The van der Waals surface area contributed by atoms with Crippen molar-refractivity contribution in [1.82, 2.24) is 4.90 Å². The Morgan fingerprint density at radius 3 is 2.28 bits per heavy atom. The zero-order valence-electron chi connectivity index (χ0n) is 12.7. The molecule has 2 amide bonds. The Balaban J connectivity index is 1.58. The van der Waals surface area contributed by atoms with Crippen molar-refractivity contribution in [3.8, 4) is 0 Å². The van der Waals surface area contributed by atoms with Gasteiger partial charge < -0.3 is 10.2 Å². The Labute approximate surface area is 140 Å². The van der Waals surface area contributed by atoms with Crippen LogP contribution in [0.3, 0.4) is 0 Å². The van der Waals surface area contributed by atoms with Crippen LogP contribution in [-0.2, 0) is 4.79 Å². The van der Waals surface area contributed by atoms with E-state index >= 15 is 0 Å². The van der Waals surface area contributed by atoms with Gasteiger partial charge in [0.15, 0.2) is 11.6 Å². The first-order valence-corrected chi connectivity index (χ1v) is 7.35. The summed E-state index contributed by atoms with van der Waals surface area (Å²) >= 11 is 0. The van der Waals surface area contributed by atoms with E-state index in [0.29, 0.717) is 6.07 Å². The average molecular weight is 352 g/mol. The average Bonchev–Trinajstić information content (AvgIpc) is 2.51. The van der Waals surface area contributed by atoms with Gasteiger partial charge >= 0.3 is 0 Å². The summed E-state index contributed by atoms with van der Waals surface area (Å²) in [7, 11) is 0. The van der Waals surface area contributed by atoms with E-state index in [0.717, 1.165) is 30.3 Å². The van der Waals surface area contributed by atoms with Crippen LogP contribution in [0.1, 0.15) is 10.4 Å². The fourth-order valence-corrected chi connectivity index (χ4v) is 2.45. The number of nitrogens with zero attached hydrogens (tertiary/aromatic N) is 1. The number of halogens is 4. The molecule has 0 aromatic heterocycles. The molecule has 1 aliphatic heterocycles. The van der Waals surface area contributed by atoms with Crippen LogP contribution >= 0.6 is 0 Å². The maximum atomic E-state index is 13.5. The lowest BCUT2D eigenvalue weighted by atomic mass is 9.97. The largest absolute Gasteiger partial charge is 0.337 e. The van der Waals surface area contributed by atoms with Crippen LogP contribution in [-0.4, -0.2) is 29.8 Å². The molecule has 0 radical (unpaired) electrons. The highest BCUT2D eigenvalue weighted by Gasteiger charge is 2.36. The molecule has 8 heteroatoms. The quantitative estimate of drug-likeness (QED) is 0.864. The summed E-state index contributed by atoms with van der Waals surface area (Å²) in [6, 6.07) is 5.56. The van der Waals surface area contributed by atoms with Crippen LogP contribution in [0.15, 0.2) is 36.4 Å². The van der Waals surface area contributed by atoms with Gasteiger partial charge in [-0.15, -0.1) is 0 Å². The van der Waals surface area contributed by atoms with Gasteiger partial charge in [-0.2, -0.15) is 0 Å². The van der Waals surface area contributed by atoms with Crippen molar-refractivity contribution in [3.05, 3.63) is 65.2 Å². The van der Waals surface area contributed by atoms with Gasteiger partial charge in [-0.1, -0.05) is 0 Å². The summed E-state index contributed by atoms with van der Waals surface area (Å²) in [5.74, 6) is -5.47. The van der Waals surface area contributed by atoms with Crippen molar-refractivity contribution >= 4 is 17.5 Å². The molecule has 4 nitrogen and oxygen atoms in total. The summed E-state index contributed by atoms with van der Waals surface area (Å²) in [5.41, 5.74) is -0.181. The SMILES string of the molecule is O=C(Nc1ccc(F)cc1F)C1CN(C(=O)c2ccc(F)c(F)c2)C1. The lowest BCUT2D eigenvalue weighted by Crippen LogP contribution is -2.54. The predicted molar refractivity (Wildman–Crippen MR) is 80.7 cm³/mol. The number of carbonyl (C=O) groups is 2. The highest BCUT2D eigenvalue weighted by Crippen LogP contribution is 2.22. The predicted octanol–water partition coefficient (Wildman–Crippen LogP) is 2.95. The van der Waals surface area contributed by atoms with E-state index in [1.54, 1.807) is 0 Å². The second kappa shape index (κ2) is 6.54. The van der Waals surface area contributed by atoms with Gasteiger partial charge in [0.05, 0.1) is 11.6 Å². The minimum Gasteiger partial charge on any atom is -0.337 e. The molecule has 1 saturated heterocycles. The summed E-state index contributed by atoms with van der Waals surface area (Å²) in [5, 5.41) is 2.33. The third-order valence-electron chi connectivity index (χ3n) is 3.90. The van der Waals surface area contributed by atoms with Crippen molar-refractivity contribution in [2.75, 3.05) is 18.4 Å². The van der Waals surface area contributed by atoms with Crippen LogP contribution in [0, 0.1) is 29.2 Å². The van der Waals surface area contributed by atoms with Gasteiger partial charge in [-0.3, -0.25) is 9.59 Å². The van der Waals surface area contributed by atoms with Gasteiger partial charge in [-0.05, 0) is 30.3 Å². The van der Waals surface area contributed by atoms with Crippen molar-refractivity contribution in [1.29, 1.82) is 0 Å². The molecule has 0 aliphatic carbocycles. The smallest absolute Gasteiger partial charge is 0.254 e. The van der Waals surface area contributed by atoms with E-state index in [9.17, 15) is 27.2 Å². The normalized spacial score (nSPS) is 14.2. The van der Waals surface area contributed by atoms with E-state index in [4.69, 9.17) is 0 Å². The Hall–Kier alpha value is -2.90. The van der Waals surface area contributed by atoms with Gasteiger partial charge in [0.2, 0.25) is 5.91 Å². The molecule has 1 aliphatic rings. The molecule has 0 atom stereocenters. The van der Waals surface area contributed by atoms with Crippen LogP contribution in [0.25, 0.3) is 0 Å². The first-order valence-electron chi connectivity index (χ1n) is 7.35. The van der Waals surface area contributed by atoms with Crippen molar-refractivity contribution in [3.63, 3.8) is 0 Å². The van der Waals surface area contributed by atoms with E-state index in [1.165, 1.54) is 4.90 Å². The number of benzene rings is 2. The molecule has 2 aromatic rings. The third-order valence-corrected chi connectivity index (χ3v) is 3.90. The number of hydrogen-bond donors (Lipinski definition) is 1. The first kappa shape index (κ1) is 16.9. The minimum atomic E-state index is -1.13. The molecule has 0 spiro atoms. The molecular formula is C17H12F4N2O2. The van der Waals surface area contributed by atoms with Crippen LogP contribution in [0.2, 0.25) is 0 Å². The van der Waals surface area contributed by atoms with Gasteiger partial charge in [-0.25, -0.2) is 17.6 Å². The van der Waals surface area contributed by atoms with Crippen molar-refractivity contribution < 1.29 is 27.2 Å². The van der Waals surface area contributed by atoms with Crippen LogP contribution < -0.4 is 5.32 Å². The Morgan fingerprint density at radius 1 is 0.920 bits per heavy atom. The maximum absolute atomic E-state index is 13.5.